The second kappa shape index (κ2) is 3.87. The number of benzene rings is 1. The van der Waals surface area contributed by atoms with E-state index >= 15 is 0 Å². The average molecular weight is 231 g/mol. The number of nitrogens with zero attached hydrogens (tertiary/aromatic N) is 2. The molecule has 1 unspecified atom stereocenters. The molecule has 88 valence electrons. The molecule has 1 aromatic rings. The molecule has 0 saturated carbocycles. The van der Waals surface area contributed by atoms with Crippen LogP contribution in [-0.4, -0.2) is 17.3 Å². The molecular formula is C13H14FN3. The maximum absolute atomic E-state index is 12.9. The van der Waals surface area contributed by atoms with E-state index in [-0.39, 0.29) is 5.82 Å². The molecule has 0 bridgehead atoms. The molecule has 1 N–H and O–H groups in total. The van der Waals surface area contributed by atoms with Crippen LogP contribution in [0, 0.1) is 5.82 Å². The van der Waals surface area contributed by atoms with Gasteiger partial charge in [0.15, 0.2) is 0 Å². The van der Waals surface area contributed by atoms with Crippen molar-refractivity contribution < 1.29 is 4.39 Å². The molecule has 3 nitrogen and oxygen atoms in total. The molecule has 2 aliphatic rings. The van der Waals surface area contributed by atoms with Crippen molar-refractivity contribution in [2.45, 2.75) is 19.3 Å². The van der Waals surface area contributed by atoms with Gasteiger partial charge in [-0.25, -0.2) is 4.39 Å². The standard InChI is InChI=1S/C13H14FN3/c1-9-15-16-13-7-4-11(8-17(9)13)10-2-5-12(14)6-3-10/h2-3,5-7,11,16H,4,8H2,1H3. The minimum absolute atomic E-state index is 0.179. The van der Waals surface area contributed by atoms with E-state index in [0.717, 1.165) is 24.6 Å². The molecule has 0 aromatic heterocycles. The molecule has 1 atom stereocenters. The number of hydrazone groups is 1. The van der Waals surface area contributed by atoms with Crippen LogP contribution in [0.1, 0.15) is 24.8 Å². The first-order valence-corrected chi connectivity index (χ1v) is 5.77. The summed E-state index contributed by atoms with van der Waals surface area (Å²) in [5, 5.41) is 4.19. The molecule has 0 aliphatic carbocycles. The Bertz CT molecular complexity index is 490. The van der Waals surface area contributed by atoms with Gasteiger partial charge >= 0.3 is 0 Å². The molecule has 2 aliphatic heterocycles. The SMILES string of the molecule is CC1=NNC2=CCC(c3ccc(F)cc3)CN21. The maximum Gasteiger partial charge on any atom is 0.127 e. The minimum Gasteiger partial charge on any atom is -0.313 e. The van der Waals surface area contributed by atoms with Crippen molar-refractivity contribution >= 4 is 5.84 Å². The molecule has 0 spiro atoms. The lowest BCUT2D eigenvalue weighted by atomic mass is 9.93. The topological polar surface area (TPSA) is 27.6 Å². The Hall–Kier alpha value is -1.84. The molecule has 2 heterocycles. The molecular weight excluding hydrogens is 217 g/mol. The molecule has 3 rings (SSSR count). The fourth-order valence-corrected chi connectivity index (χ4v) is 2.34. The van der Waals surface area contributed by atoms with Gasteiger partial charge < -0.3 is 4.90 Å². The average Bonchev–Trinajstić information content (AvgIpc) is 2.72. The van der Waals surface area contributed by atoms with E-state index in [1.54, 1.807) is 0 Å². The van der Waals surface area contributed by atoms with Crippen LogP contribution < -0.4 is 5.43 Å². The Kier molecular flexibility index (Phi) is 2.35. The van der Waals surface area contributed by atoms with Crippen LogP contribution in [0.3, 0.4) is 0 Å². The fraction of sp³-hybridized carbons (Fsp3) is 0.308. The first-order valence-electron chi connectivity index (χ1n) is 5.77. The van der Waals surface area contributed by atoms with Gasteiger partial charge in [0.1, 0.15) is 17.5 Å². The Balaban J connectivity index is 1.83. The quantitative estimate of drug-likeness (QED) is 0.803. The smallest absolute Gasteiger partial charge is 0.127 e. The largest absolute Gasteiger partial charge is 0.313 e. The first kappa shape index (κ1) is 10.3. The first-order chi connectivity index (χ1) is 8.24. The summed E-state index contributed by atoms with van der Waals surface area (Å²) >= 11 is 0. The van der Waals surface area contributed by atoms with Crippen LogP contribution in [0.25, 0.3) is 0 Å². The predicted octanol–water partition coefficient (Wildman–Crippen LogP) is 2.39. The van der Waals surface area contributed by atoms with Gasteiger partial charge in [-0.15, -0.1) is 0 Å². The van der Waals surface area contributed by atoms with Gasteiger partial charge in [-0.3, -0.25) is 5.43 Å². The lowest BCUT2D eigenvalue weighted by Crippen LogP contribution is -2.33. The number of fused-ring (bicyclic) bond motifs is 1. The van der Waals surface area contributed by atoms with Crippen molar-refractivity contribution in [2.24, 2.45) is 5.10 Å². The zero-order valence-electron chi connectivity index (χ0n) is 9.65. The summed E-state index contributed by atoms with van der Waals surface area (Å²) in [5.74, 6) is 2.29. The van der Waals surface area contributed by atoms with Gasteiger partial charge in [-0.05, 0) is 37.1 Å². The summed E-state index contributed by atoms with van der Waals surface area (Å²) < 4.78 is 12.9. The van der Waals surface area contributed by atoms with Crippen molar-refractivity contribution in [1.82, 2.24) is 10.3 Å². The Labute approximate surface area is 99.6 Å². The van der Waals surface area contributed by atoms with E-state index in [9.17, 15) is 4.39 Å². The number of amidine groups is 1. The van der Waals surface area contributed by atoms with E-state index in [1.807, 2.05) is 19.1 Å². The number of hydrogen-bond donors (Lipinski definition) is 1. The summed E-state index contributed by atoms with van der Waals surface area (Å²) in [7, 11) is 0. The Morgan fingerprint density at radius 3 is 2.88 bits per heavy atom. The van der Waals surface area contributed by atoms with Crippen molar-refractivity contribution in [3.8, 4) is 0 Å². The highest BCUT2D eigenvalue weighted by Crippen LogP contribution is 2.29. The van der Waals surface area contributed by atoms with Crippen LogP contribution in [0.4, 0.5) is 4.39 Å². The number of rotatable bonds is 1. The van der Waals surface area contributed by atoms with Gasteiger partial charge in [0.05, 0.1) is 0 Å². The summed E-state index contributed by atoms with van der Waals surface area (Å²) in [5.41, 5.74) is 4.19. The third-order valence-corrected chi connectivity index (χ3v) is 3.35. The van der Waals surface area contributed by atoms with E-state index < -0.39 is 0 Å². The van der Waals surface area contributed by atoms with Crippen molar-refractivity contribution in [3.05, 3.63) is 47.5 Å². The Morgan fingerprint density at radius 2 is 2.12 bits per heavy atom. The summed E-state index contributed by atoms with van der Waals surface area (Å²) in [6, 6.07) is 6.79. The fourth-order valence-electron chi connectivity index (χ4n) is 2.34. The summed E-state index contributed by atoms with van der Waals surface area (Å²) in [6.07, 6.45) is 3.12. The molecule has 0 radical (unpaired) electrons. The van der Waals surface area contributed by atoms with Crippen molar-refractivity contribution in [3.63, 3.8) is 0 Å². The zero-order valence-corrected chi connectivity index (χ0v) is 9.65. The number of hydrogen-bond acceptors (Lipinski definition) is 3. The van der Waals surface area contributed by atoms with Crippen LogP contribution in [0.15, 0.2) is 41.3 Å². The van der Waals surface area contributed by atoms with Crippen LogP contribution >= 0.6 is 0 Å². The van der Waals surface area contributed by atoms with E-state index in [4.69, 9.17) is 0 Å². The van der Waals surface area contributed by atoms with Crippen molar-refractivity contribution in [1.29, 1.82) is 0 Å². The highest BCUT2D eigenvalue weighted by molar-refractivity contribution is 5.83. The van der Waals surface area contributed by atoms with Gasteiger partial charge in [-0.2, -0.15) is 5.10 Å². The normalized spacial score (nSPS) is 22.7. The Morgan fingerprint density at radius 1 is 1.35 bits per heavy atom. The molecule has 0 saturated heterocycles. The van der Waals surface area contributed by atoms with Crippen LogP contribution in [-0.2, 0) is 0 Å². The number of nitrogens with one attached hydrogen (secondary N) is 1. The second-order valence-electron chi connectivity index (χ2n) is 4.45. The van der Waals surface area contributed by atoms with Crippen molar-refractivity contribution in [2.75, 3.05) is 6.54 Å². The van der Waals surface area contributed by atoms with E-state index in [2.05, 4.69) is 21.5 Å². The molecule has 17 heavy (non-hydrogen) atoms. The van der Waals surface area contributed by atoms with E-state index in [1.165, 1.54) is 17.7 Å². The molecule has 0 amide bonds. The van der Waals surface area contributed by atoms with Gasteiger partial charge in [-0.1, -0.05) is 12.1 Å². The van der Waals surface area contributed by atoms with Gasteiger partial charge in [0.25, 0.3) is 0 Å². The number of allylic oxidation sites excluding steroid dienone is 1. The summed E-state index contributed by atoms with van der Waals surface area (Å²) in [6.45, 7) is 2.89. The third kappa shape index (κ3) is 1.79. The molecule has 0 fully saturated rings. The van der Waals surface area contributed by atoms with Gasteiger partial charge in [0, 0.05) is 12.5 Å². The van der Waals surface area contributed by atoms with Gasteiger partial charge in [0.2, 0.25) is 0 Å². The van der Waals surface area contributed by atoms with Crippen LogP contribution in [0.5, 0.6) is 0 Å². The number of halogens is 1. The third-order valence-electron chi connectivity index (χ3n) is 3.35. The summed E-state index contributed by atoms with van der Waals surface area (Å²) in [4.78, 5) is 2.16. The lowest BCUT2D eigenvalue weighted by molar-refractivity contribution is 0.423. The highest BCUT2D eigenvalue weighted by atomic mass is 19.1. The lowest BCUT2D eigenvalue weighted by Gasteiger charge is -2.29. The van der Waals surface area contributed by atoms with E-state index in [0.29, 0.717) is 5.92 Å². The highest BCUT2D eigenvalue weighted by Gasteiger charge is 2.27. The second-order valence-corrected chi connectivity index (χ2v) is 4.45. The van der Waals surface area contributed by atoms with Crippen LogP contribution in [0.2, 0.25) is 0 Å². The minimum atomic E-state index is -0.179. The monoisotopic (exact) mass is 231 g/mol. The maximum atomic E-state index is 12.9. The molecule has 1 aromatic carbocycles. The zero-order chi connectivity index (χ0) is 11.8. The predicted molar refractivity (Wildman–Crippen MR) is 64.8 cm³/mol. The molecule has 4 heteroatoms.